The minimum atomic E-state index is -0.161. The van der Waals surface area contributed by atoms with Gasteiger partial charge in [-0.15, -0.1) is 0 Å². The topological polar surface area (TPSA) is 78.1 Å². The largest absolute Gasteiger partial charge is 0.361 e. The summed E-state index contributed by atoms with van der Waals surface area (Å²) in [5.41, 5.74) is 3.95. The Bertz CT molecular complexity index is 1080. The molecule has 3 aromatic rings. The van der Waals surface area contributed by atoms with Crippen LogP contribution in [0.25, 0.3) is 10.9 Å². The predicted octanol–water partition coefficient (Wildman–Crippen LogP) is 3.64. The minimum absolute atomic E-state index is 0.0160. The van der Waals surface area contributed by atoms with Crippen LogP contribution in [0.15, 0.2) is 42.7 Å². The van der Waals surface area contributed by atoms with Gasteiger partial charge in [-0.3, -0.25) is 9.59 Å². The fourth-order valence-electron chi connectivity index (χ4n) is 4.51. The Morgan fingerprint density at radius 2 is 2.00 bits per heavy atom. The van der Waals surface area contributed by atoms with E-state index < -0.39 is 0 Å². The first kappa shape index (κ1) is 17.0. The third-order valence-electron chi connectivity index (χ3n) is 6.12. The lowest BCUT2D eigenvalue weighted by Crippen LogP contribution is -2.38. The molecule has 1 saturated heterocycles. The number of H-pyrrole nitrogens is 1. The molecule has 2 aliphatic heterocycles. The van der Waals surface area contributed by atoms with E-state index in [9.17, 15) is 9.59 Å². The number of carbonyl (C=O) groups is 2. The first-order chi connectivity index (χ1) is 13.6. The highest BCUT2D eigenvalue weighted by Gasteiger charge is 2.34. The van der Waals surface area contributed by atoms with Crippen LogP contribution in [0, 0.1) is 0 Å². The molecule has 1 atom stereocenters. The maximum Gasteiger partial charge on any atom is 0.253 e. The molecule has 0 saturated carbocycles. The Morgan fingerprint density at radius 1 is 1.18 bits per heavy atom. The number of nitrogens with one attached hydrogen (secondary N) is 2. The highest BCUT2D eigenvalue weighted by Crippen LogP contribution is 2.40. The van der Waals surface area contributed by atoms with Crippen molar-refractivity contribution in [3.05, 3.63) is 59.4 Å². The van der Waals surface area contributed by atoms with Gasteiger partial charge in [-0.2, -0.15) is 0 Å². The molecule has 2 N–H and O–H groups in total. The third-order valence-corrected chi connectivity index (χ3v) is 6.12. The van der Waals surface area contributed by atoms with E-state index in [4.69, 9.17) is 0 Å². The van der Waals surface area contributed by atoms with Crippen molar-refractivity contribution in [1.29, 1.82) is 0 Å². The van der Waals surface area contributed by atoms with Crippen LogP contribution in [0.3, 0.4) is 0 Å². The van der Waals surface area contributed by atoms with Crippen LogP contribution in [0.1, 0.15) is 53.1 Å². The fraction of sp³-hybridized carbons (Fsp3) is 0.318. The van der Waals surface area contributed by atoms with Crippen LogP contribution in [0.2, 0.25) is 0 Å². The van der Waals surface area contributed by atoms with Crippen LogP contribution in [0.5, 0.6) is 0 Å². The number of carbonyl (C=O) groups excluding carboxylic acids is 2. The highest BCUT2D eigenvalue weighted by molar-refractivity contribution is 6.02. The van der Waals surface area contributed by atoms with Gasteiger partial charge in [0.25, 0.3) is 5.91 Å². The molecule has 0 bridgehead atoms. The molecular weight excluding hydrogens is 352 g/mol. The molecular formula is C22H22N4O2. The van der Waals surface area contributed by atoms with Crippen molar-refractivity contribution in [1.82, 2.24) is 14.9 Å². The van der Waals surface area contributed by atoms with Gasteiger partial charge in [-0.1, -0.05) is 6.07 Å². The number of amides is 2. The lowest BCUT2D eigenvalue weighted by atomic mass is 9.84. The molecule has 1 fully saturated rings. The summed E-state index contributed by atoms with van der Waals surface area (Å²) < 4.78 is 0. The van der Waals surface area contributed by atoms with Crippen molar-refractivity contribution in [2.24, 2.45) is 0 Å². The highest BCUT2D eigenvalue weighted by atomic mass is 16.2. The van der Waals surface area contributed by atoms with Gasteiger partial charge in [0.1, 0.15) is 5.82 Å². The summed E-state index contributed by atoms with van der Waals surface area (Å²) in [6, 6.07) is 9.86. The summed E-state index contributed by atoms with van der Waals surface area (Å²) in [7, 11) is 0. The van der Waals surface area contributed by atoms with Gasteiger partial charge >= 0.3 is 0 Å². The molecule has 0 aliphatic carbocycles. The quantitative estimate of drug-likeness (QED) is 0.719. The molecule has 5 rings (SSSR count). The number of aromatic amines is 1. The lowest BCUT2D eigenvalue weighted by Gasteiger charge is -2.33. The number of likely N-dealkylation sites (tertiary alicyclic amines) is 1. The second-order valence-corrected chi connectivity index (χ2v) is 7.72. The normalized spacial score (nSPS) is 19.7. The van der Waals surface area contributed by atoms with E-state index in [2.05, 4.69) is 15.3 Å². The molecule has 6 nitrogen and oxygen atoms in total. The van der Waals surface area contributed by atoms with Crippen molar-refractivity contribution in [3.8, 4) is 0 Å². The van der Waals surface area contributed by atoms with Gasteiger partial charge < -0.3 is 15.2 Å². The standard InChI is InChI=1S/C22H22N4O2/c1-13-19-17(5-9-24-20(19)25-21(13)27)14-6-10-26(11-7-14)22(28)16-3-2-15-4-8-23-18(15)12-16/h2-5,8-9,12-14,23H,6-7,10-11H2,1H3,(H,24,25,27). The molecule has 2 amide bonds. The zero-order chi connectivity index (χ0) is 19.3. The van der Waals surface area contributed by atoms with Gasteiger partial charge in [0, 0.05) is 42.1 Å². The summed E-state index contributed by atoms with van der Waals surface area (Å²) in [6.07, 6.45) is 5.45. The molecule has 142 valence electrons. The Labute approximate surface area is 163 Å². The average molecular weight is 374 g/mol. The third kappa shape index (κ3) is 2.68. The molecule has 28 heavy (non-hydrogen) atoms. The average Bonchev–Trinajstić information content (AvgIpc) is 3.31. The Balaban J connectivity index is 1.33. The second-order valence-electron chi connectivity index (χ2n) is 7.72. The number of pyridine rings is 1. The number of piperidine rings is 1. The fourth-order valence-corrected chi connectivity index (χ4v) is 4.51. The number of nitrogens with zero attached hydrogens (tertiary/aromatic N) is 2. The molecule has 0 spiro atoms. The summed E-state index contributed by atoms with van der Waals surface area (Å²) >= 11 is 0. The summed E-state index contributed by atoms with van der Waals surface area (Å²) in [5, 5.41) is 3.98. The maximum atomic E-state index is 12.9. The van der Waals surface area contributed by atoms with Crippen LogP contribution in [0.4, 0.5) is 5.82 Å². The molecule has 2 aromatic heterocycles. The first-order valence-corrected chi connectivity index (χ1v) is 9.78. The predicted molar refractivity (Wildman–Crippen MR) is 107 cm³/mol. The molecule has 1 unspecified atom stereocenters. The van der Waals surface area contributed by atoms with E-state index in [0.29, 0.717) is 11.7 Å². The van der Waals surface area contributed by atoms with Crippen molar-refractivity contribution in [2.45, 2.75) is 31.6 Å². The van der Waals surface area contributed by atoms with E-state index in [0.717, 1.165) is 48.0 Å². The smallest absolute Gasteiger partial charge is 0.253 e. The Morgan fingerprint density at radius 3 is 2.82 bits per heavy atom. The minimum Gasteiger partial charge on any atom is -0.361 e. The lowest BCUT2D eigenvalue weighted by molar-refractivity contribution is -0.116. The van der Waals surface area contributed by atoms with Crippen LogP contribution in [-0.4, -0.2) is 39.8 Å². The van der Waals surface area contributed by atoms with Gasteiger partial charge in [-0.25, -0.2) is 4.98 Å². The van der Waals surface area contributed by atoms with Crippen molar-refractivity contribution < 1.29 is 9.59 Å². The summed E-state index contributed by atoms with van der Waals surface area (Å²) in [5.74, 6) is 0.989. The molecule has 4 heterocycles. The Kier molecular flexibility index (Phi) is 3.93. The van der Waals surface area contributed by atoms with E-state index in [1.54, 1.807) is 6.20 Å². The monoisotopic (exact) mass is 374 g/mol. The van der Waals surface area contributed by atoms with E-state index in [-0.39, 0.29) is 17.7 Å². The van der Waals surface area contributed by atoms with E-state index >= 15 is 0 Å². The van der Waals surface area contributed by atoms with Crippen molar-refractivity contribution >= 4 is 28.5 Å². The first-order valence-electron chi connectivity index (χ1n) is 9.78. The molecule has 0 radical (unpaired) electrons. The Hall–Kier alpha value is -3.15. The zero-order valence-electron chi connectivity index (χ0n) is 15.7. The molecule has 6 heteroatoms. The van der Waals surface area contributed by atoms with Gasteiger partial charge in [0.05, 0.1) is 5.92 Å². The van der Waals surface area contributed by atoms with Crippen LogP contribution >= 0.6 is 0 Å². The van der Waals surface area contributed by atoms with E-state index in [1.807, 2.05) is 48.4 Å². The number of hydrogen-bond acceptors (Lipinski definition) is 3. The van der Waals surface area contributed by atoms with Crippen LogP contribution < -0.4 is 5.32 Å². The number of fused-ring (bicyclic) bond motifs is 2. The van der Waals surface area contributed by atoms with Crippen molar-refractivity contribution in [2.75, 3.05) is 18.4 Å². The number of anilines is 1. The summed E-state index contributed by atoms with van der Waals surface area (Å²) in [6.45, 7) is 3.37. The number of hydrogen-bond donors (Lipinski definition) is 2. The number of benzene rings is 1. The van der Waals surface area contributed by atoms with Crippen molar-refractivity contribution in [3.63, 3.8) is 0 Å². The zero-order valence-corrected chi connectivity index (χ0v) is 15.7. The van der Waals surface area contributed by atoms with Gasteiger partial charge in [0.15, 0.2) is 0 Å². The van der Waals surface area contributed by atoms with Gasteiger partial charge in [0.2, 0.25) is 5.91 Å². The molecule has 1 aromatic carbocycles. The SMILES string of the molecule is CC1C(=O)Nc2nccc(C3CCN(C(=O)c4ccc5cc[nH]c5c4)CC3)c21. The number of aromatic nitrogens is 2. The van der Waals surface area contributed by atoms with Gasteiger partial charge in [-0.05, 0) is 60.9 Å². The second kappa shape index (κ2) is 6.48. The maximum absolute atomic E-state index is 12.9. The molecule has 2 aliphatic rings. The van der Waals surface area contributed by atoms with E-state index in [1.165, 1.54) is 5.56 Å². The van der Waals surface area contributed by atoms with Crippen LogP contribution in [-0.2, 0) is 4.79 Å². The summed E-state index contributed by atoms with van der Waals surface area (Å²) in [4.78, 5) is 34.4. The number of rotatable bonds is 2.